The van der Waals surface area contributed by atoms with E-state index in [1.165, 1.54) is 43.2 Å². The van der Waals surface area contributed by atoms with Gasteiger partial charge < -0.3 is 19.9 Å². The van der Waals surface area contributed by atoms with Crippen LogP contribution in [-0.4, -0.2) is 60.8 Å². The Balaban J connectivity index is 1.30. The van der Waals surface area contributed by atoms with Crippen LogP contribution in [0, 0.1) is 0 Å². The highest BCUT2D eigenvalue weighted by atomic mass is 16.5. The van der Waals surface area contributed by atoms with E-state index in [1.54, 1.807) is 0 Å². The van der Waals surface area contributed by atoms with E-state index in [4.69, 9.17) is 4.74 Å². The fraction of sp³-hybridized carbons (Fsp3) is 0.720. The number of nitrogens with zero attached hydrogens (tertiary/aromatic N) is 2. The maximum Gasteiger partial charge on any atom is 0.317 e. The van der Waals surface area contributed by atoms with Crippen molar-refractivity contribution in [2.24, 2.45) is 0 Å². The number of likely N-dealkylation sites (tertiary alicyclic amines) is 1. The number of nitrogens with one attached hydrogen (secondary N) is 1. The van der Waals surface area contributed by atoms with E-state index in [0.717, 1.165) is 65.1 Å². The molecule has 3 heterocycles. The van der Waals surface area contributed by atoms with Gasteiger partial charge in [0.25, 0.3) is 0 Å². The molecule has 5 rings (SSSR count). The van der Waals surface area contributed by atoms with Crippen molar-refractivity contribution in [3.63, 3.8) is 0 Å². The summed E-state index contributed by atoms with van der Waals surface area (Å²) < 4.78 is 5.57. The van der Waals surface area contributed by atoms with Crippen LogP contribution in [0.25, 0.3) is 0 Å². The van der Waals surface area contributed by atoms with Crippen molar-refractivity contribution in [1.82, 2.24) is 15.1 Å². The summed E-state index contributed by atoms with van der Waals surface area (Å²) in [7, 11) is 0. The summed E-state index contributed by atoms with van der Waals surface area (Å²) in [6.07, 6.45) is 10.7. The summed E-state index contributed by atoms with van der Waals surface area (Å²) >= 11 is 0. The number of hydrogen-bond donors (Lipinski definition) is 1. The van der Waals surface area contributed by atoms with Crippen LogP contribution in [-0.2, 0) is 16.7 Å². The van der Waals surface area contributed by atoms with E-state index in [1.807, 2.05) is 0 Å². The van der Waals surface area contributed by atoms with Crippen LogP contribution in [0.2, 0.25) is 0 Å². The molecule has 1 aromatic carbocycles. The van der Waals surface area contributed by atoms with Crippen LogP contribution in [0.1, 0.15) is 68.9 Å². The lowest BCUT2D eigenvalue weighted by Crippen LogP contribution is -2.57. The predicted octanol–water partition coefficient (Wildman–Crippen LogP) is 4.06. The molecule has 0 radical (unpaired) electrons. The SMILES string of the molecule is O=C(NC1CCCCC1)N1Cc2ccccc2C2(CCN(C3CCOCC3)CC2)C1. The molecule has 1 N–H and O–H groups in total. The van der Waals surface area contributed by atoms with Crippen LogP contribution in [0.15, 0.2) is 24.3 Å². The molecule has 2 amide bonds. The van der Waals surface area contributed by atoms with Crippen molar-refractivity contribution in [2.45, 2.75) is 81.8 Å². The number of urea groups is 1. The largest absolute Gasteiger partial charge is 0.381 e. The summed E-state index contributed by atoms with van der Waals surface area (Å²) in [5, 5.41) is 3.36. The Bertz CT molecular complexity index is 732. The quantitative estimate of drug-likeness (QED) is 0.798. The molecule has 0 bridgehead atoms. The number of hydrogen-bond acceptors (Lipinski definition) is 3. The fourth-order valence-electron chi connectivity index (χ4n) is 6.34. The second-order valence-electron chi connectivity index (χ2n) is 9.96. The average molecular weight is 412 g/mol. The number of carbonyl (C=O) groups excluding carboxylic acids is 1. The smallest absolute Gasteiger partial charge is 0.317 e. The predicted molar refractivity (Wildman–Crippen MR) is 119 cm³/mol. The van der Waals surface area contributed by atoms with Crippen molar-refractivity contribution in [3.8, 4) is 0 Å². The molecule has 5 nitrogen and oxygen atoms in total. The van der Waals surface area contributed by atoms with Gasteiger partial charge in [-0.1, -0.05) is 43.5 Å². The molecule has 4 aliphatic rings. The lowest BCUT2D eigenvalue weighted by molar-refractivity contribution is 0.0121. The van der Waals surface area contributed by atoms with Crippen LogP contribution in [0.4, 0.5) is 4.79 Å². The molecular formula is C25H37N3O2. The van der Waals surface area contributed by atoms with Crippen molar-refractivity contribution in [3.05, 3.63) is 35.4 Å². The summed E-state index contributed by atoms with van der Waals surface area (Å²) in [6, 6.07) is 10.1. The minimum absolute atomic E-state index is 0.112. The molecule has 5 heteroatoms. The number of fused-ring (bicyclic) bond motifs is 2. The third-order valence-corrected chi connectivity index (χ3v) is 8.13. The van der Waals surface area contributed by atoms with E-state index in [9.17, 15) is 4.79 Å². The molecular weight excluding hydrogens is 374 g/mol. The van der Waals surface area contributed by atoms with Gasteiger partial charge in [-0.15, -0.1) is 0 Å². The maximum atomic E-state index is 13.2. The van der Waals surface area contributed by atoms with Crippen molar-refractivity contribution in [2.75, 3.05) is 32.8 Å². The first kappa shape index (κ1) is 20.3. The first-order chi connectivity index (χ1) is 14.7. The highest BCUT2D eigenvalue weighted by Gasteiger charge is 2.44. The first-order valence-corrected chi connectivity index (χ1v) is 12.2. The standard InChI is InChI=1S/C25H37N3O2/c29-24(26-21-7-2-1-3-8-21)28-18-20-6-4-5-9-23(20)25(19-28)12-14-27(15-13-25)22-10-16-30-17-11-22/h4-6,9,21-22H,1-3,7-8,10-19H2,(H,26,29). The molecule has 1 aromatic rings. The van der Waals surface area contributed by atoms with Crippen LogP contribution in [0.5, 0.6) is 0 Å². The number of carbonyl (C=O) groups is 1. The Labute approximate surface area is 181 Å². The molecule has 30 heavy (non-hydrogen) atoms. The number of benzene rings is 1. The van der Waals surface area contributed by atoms with E-state index in [0.29, 0.717) is 12.1 Å². The van der Waals surface area contributed by atoms with Gasteiger partial charge in [0.2, 0.25) is 0 Å². The van der Waals surface area contributed by atoms with Gasteiger partial charge in [-0.05, 0) is 62.7 Å². The maximum absolute atomic E-state index is 13.2. The second-order valence-corrected chi connectivity index (χ2v) is 9.96. The molecule has 164 valence electrons. The van der Waals surface area contributed by atoms with Gasteiger partial charge in [-0.3, -0.25) is 0 Å². The minimum Gasteiger partial charge on any atom is -0.381 e. The van der Waals surface area contributed by atoms with Gasteiger partial charge in [0.1, 0.15) is 0 Å². The van der Waals surface area contributed by atoms with Gasteiger partial charge in [-0.2, -0.15) is 0 Å². The Hall–Kier alpha value is -1.59. The fourth-order valence-corrected chi connectivity index (χ4v) is 6.34. The second kappa shape index (κ2) is 8.88. The highest BCUT2D eigenvalue weighted by molar-refractivity contribution is 5.75. The monoisotopic (exact) mass is 411 g/mol. The number of rotatable bonds is 2. The van der Waals surface area contributed by atoms with Crippen LogP contribution >= 0.6 is 0 Å². The summed E-state index contributed by atoms with van der Waals surface area (Å²) in [4.78, 5) is 18.0. The Morgan fingerprint density at radius 1 is 1.00 bits per heavy atom. The lowest BCUT2D eigenvalue weighted by atomic mass is 9.68. The van der Waals surface area contributed by atoms with Gasteiger partial charge in [0.05, 0.1) is 0 Å². The summed E-state index contributed by atoms with van der Waals surface area (Å²) in [5.74, 6) is 0. The van der Waals surface area contributed by atoms with Gasteiger partial charge in [-0.25, -0.2) is 4.79 Å². The van der Waals surface area contributed by atoms with E-state index in [-0.39, 0.29) is 11.4 Å². The lowest BCUT2D eigenvalue weighted by Gasteiger charge is -2.50. The van der Waals surface area contributed by atoms with E-state index in [2.05, 4.69) is 39.4 Å². The third kappa shape index (κ3) is 4.11. The van der Waals surface area contributed by atoms with Crippen molar-refractivity contribution >= 4 is 6.03 Å². The average Bonchev–Trinajstić information content (AvgIpc) is 2.81. The molecule has 1 aliphatic carbocycles. The molecule has 1 saturated carbocycles. The number of amides is 2. The van der Waals surface area contributed by atoms with E-state index >= 15 is 0 Å². The van der Waals surface area contributed by atoms with Gasteiger partial charge >= 0.3 is 6.03 Å². The third-order valence-electron chi connectivity index (χ3n) is 8.13. The van der Waals surface area contributed by atoms with Gasteiger partial charge in [0.15, 0.2) is 0 Å². The van der Waals surface area contributed by atoms with Crippen molar-refractivity contribution in [1.29, 1.82) is 0 Å². The molecule has 2 saturated heterocycles. The Morgan fingerprint density at radius 2 is 1.73 bits per heavy atom. The normalized spacial score (nSPS) is 25.8. The zero-order valence-corrected chi connectivity index (χ0v) is 18.3. The zero-order valence-electron chi connectivity index (χ0n) is 18.3. The Kier molecular flexibility index (Phi) is 6.01. The van der Waals surface area contributed by atoms with Crippen LogP contribution < -0.4 is 5.32 Å². The molecule has 1 spiro atoms. The zero-order chi connectivity index (χ0) is 20.4. The minimum atomic E-state index is 0.112. The molecule has 3 fully saturated rings. The summed E-state index contributed by atoms with van der Waals surface area (Å²) in [5.41, 5.74) is 2.96. The molecule has 0 aromatic heterocycles. The number of piperidine rings is 1. The molecule has 0 unspecified atom stereocenters. The van der Waals surface area contributed by atoms with Gasteiger partial charge in [0, 0.05) is 43.8 Å². The molecule has 0 atom stereocenters. The topological polar surface area (TPSA) is 44.8 Å². The highest BCUT2D eigenvalue weighted by Crippen LogP contribution is 2.42. The number of ether oxygens (including phenoxy) is 1. The first-order valence-electron chi connectivity index (χ1n) is 12.2. The Morgan fingerprint density at radius 3 is 2.50 bits per heavy atom. The molecule has 3 aliphatic heterocycles. The van der Waals surface area contributed by atoms with Crippen LogP contribution in [0.3, 0.4) is 0 Å². The summed E-state index contributed by atoms with van der Waals surface area (Å²) in [6.45, 7) is 5.70. The van der Waals surface area contributed by atoms with E-state index < -0.39 is 0 Å². The van der Waals surface area contributed by atoms with Crippen molar-refractivity contribution < 1.29 is 9.53 Å².